The molecule has 1 aromatic carbocycles. The van der Waals surface area contributed by atoms with E-state index in [1.807, 2.05) is 12.4 Å². The van der Waals surface area contributed by atoms with E-state index in [1.165, 1.54) is 5.69 Å². The van der Waals surface area contributed by atoms with Gasteiger partial charge < -0.3 is 15.0 Å². The van der Waals surface area contributed by atoms with Gasteiger partial charge in [-0.05, 0) is 26.0 Å². The molecule has 0 radical (unpaired) electrons. The van der Waals surface area contributed by atoms with Gasteiger partial charge in [0.05, 0.1) is 48.2 Å². The topological polar surface area (TPSA) is 54.7 Å². The highest BCUT2D eigenvalue weighted by atomic mass is 16.5. The van der Waals surface area contributed by atoms with Gasteiger partial charge in [-0.25, -0.2) is 4.98 Å². The molecule has 0 spiro atoms. The summed E-state index contributed by atoms with van der Waals surface area (Å²) >= 11 is 0. The second kappa shape index (κ2) is 6.72. The third kappa shape index (κ3) is 3.30. The van der Waals surface area contributed by atoms with Crippen LogP contribution >= 0.6 is 0 Å². The molecule has 130 valence electrons. The molecule has 0 amide bonds. The summed E-state index contributed by atoms with van der Waals surface area (Å²) in [6, 6.07) is 8.46. The Hall–Kier alpha value is -2.60. The van der Waals surface area contributed by atoms with E-state index < -0.39 is 0 Å². The van der Waals surface area contributed by atoms with Gasteiger partial charge in [-0.3, -0.25) is 9.38 Å². The zero-order chi connectivity index (χ0) is 17.2. The number of ether oxygens (including phenoxy) is 1. The fourth-order valence-electron chi connectivity index (χ4n) is 3.48. The maximum absolute atomic E-state index is 5.87. The first-order valence-corrected chi connectivity index (χ1v) is 8.70. The van der Waals surface area contributed by atoms with Crippen molar-refractivity contribution in [3.05, 3.63) is 54.7 Å². The van der Waals surface area contributed by atoms with Gasteiger partial charge in [0.25, 0.3) is 0 Å². The summed E-state index contributed by atoms with van der Waals surface area (Å²) in [5.74, 6) is 0. The predicted molar refractivity (Wildman–Crippen MR) is 99.0 cm³/mol. The van der Waals surface area contributed by atoms with Crippen LogP contribution in [0.5, 0.6) is 0 Å². The van der Waals surface area contributed by atoms with Gasteiger partial charge >= 0.3 is 0 Å². The molecule has 0 saturated carbocycles. The first-order valence-electron chi connectivity index (χ1n) is 8.70. The molecule has 3 heterocycles. The van der Waals surface area contributed by atoms with E-state index in [0.717, 1.165) is 30.1 Å². The van der Waals surface area contributed by atoms with Crippen LogP contribution in [-0.2, 0) is 11.3 Å². The number of fused-ring (bicyclic) bond motifs is 1. The molecular formula is C19H23N5O. The number of para-hydroxylation sites is 2. The lowest BCUT2D eigenvalue weighted by molar-refractivity contribution is -0.00517. The van der Waals surface area contributed by atoms with E-state index in [0.29, 0.717) is 6.54 Å². The Morgan fingerprint density at radius 3 is 2.80 bits per heavy atom. The van der Waals surface area contributed by atoms with Gasteiger partial charge in [0.2, 0.25) is 0 Å². The summed E-state index contributed by atoms with van der Waals surface area (Å²) in [6.45, 7) is 6.78. The lowest BCUT2D eigenvalue weighted by Crippen LogP contribution is -2.45. The summed E-state index contributed by atoms with van der Waals surface area (Å²) in [5.41, 5.74) is 4.33. The number of hydrogen-bond acceptors (Lipinski definition) is 5. The Morgan fingerprint density at radius 1 is 1.16 bits per heavy atom. The minimum absolute atomic E-state index is 0.239. The second-order valence-electron chi connectivity index (χ2n) is 6.59. The Labute approximate surface area is 147 Å². The quantitative estimate of drug-likeness (QED) is 0.793. The molecule has 1 aliphatic heterocycles. The lowest BCUT2D eigenvalue weighted by atomic mass is 10.1. The molecule has 0 aliphatic carbocycles. The van der Waals surface area contributed by atoms with E-state index in [9.17, 15) is 0 Å². The van der Waals surface area contributed by atoms with Crippen molar-refractivity contribution in [2.45, 2.75) is 32.6 Å². The van der Waals surface area contributed by atoms with Gasteiger partial charge in [0.15, 0.2) is 5.65 Å². The van der Waals surface area contributed by atoms with Crippen LogP contribution in [0.15, 0.2) is 49.1 Å². The number of benzene rings is 1. The average Bonchev–Trinajstić information content (AvgIpc) is 3.02. The molecule has 0 bridgehead atoms. The van der Waals surface area contributed by atoms with Crippen molar-refractivity contribution < 1.29 is 4.74 Å². The van der Waals surface area contributed by atoms with Crippen LogP contribution in [0.4, 0.5) is 11.4 Å². The summed E-state index contributed by atoms with van der Waals surface area (Å²) in [5, 5.41) is 3.57. The highest BCUT2D eigenvalue weighted by Gasteiger charge is 2.23. The van der Waals surface area contributed by atoms with Crippen molar-refractivity contribution >= 4 is 17.0 Å². The number of nitrogens with one attached hydrogen (secondary N) is 1. The van der Waals surface area contributed by atoms with Gasteiger partial charge in [-0.1, -0.05) is 12.1 Å². The molecule has 3 aromatic rings. The van der Waals surface area contributed by atoms with Crippen molar-refractivity contribution in [1.82, 2.24) is 14.4 Å². The summed E-state index contributed by atoms with van der Waals surface area (Å²) < 4.78 is 7.92. The van der Waals surface area contributed by atoms with Crippen molar-refractivity contribution in [2.24, 2.45) is 0 Å². The summed E-state index contributed by atoms with van der Waals surface area (Å²) in [6.07, 6.45) is 7.87. The number of morpholine rings is 1. The molecular weight excluding hydrogens is 314 g/mol. The molecule has 6 nitrogen and oxygen atoms in total. The Morgan fingerprint density at radius 2 is 1.96 bits per heavy atom. The Kier molecular flexibility index (Phi) is 4.28. The molecule has 1 aliphatic rings. The number of anilines is 2. The molecule has 6 heteroatoms. The summed E-state index contributed by atoms with van der Waals surface area (Å²) in [4.78, 5) is 10.9. The number of hydrogen-bond donors (Lipinski definition) is 1. The van der Waals surface area contributed by atoms with Crippen LogP contribution in [-0.4, -0.2) is 39.7 Å². The molecule has 2 atom stereocenters. The fourth-order valence-corrected chi connectivity index (χ4v) is 3.48. The third-order valence-electron chi connectivity index (χ3n) is 4.52. The maximum Gasteiger partial charge on any atom is 0.155 e. The smallest absolute Gasteiger partial charge is 0.155 e. The highest BCUT2D eigenvalue weighted by Crippen LogP contribution is 2.28. The minimum Gasteiger partial charge on any atom is -0.378 e. The van der Waals surface area contributed by atoms with Crippen LogP contribution < -0.4 is 10.2 Å². The summed E-state index contributed by atoms with van der Waals surface area (Å²) in [7, 11) is 0. The third-order valence-corrected chi connectivity index (χ3v) is 4.52. The van der Waals surface area contributed by atoms with Crippen LogP contribution in [0.25, 0.3) is 5.65 Å². The van der Waals surface area contributed by atoms with Crippen LogP contribution in [0.1, 0.15) is 19.5 Å². The van der Waals surface area contributed by atoms with Gasteiger partial charge in [-0.2, -0.15) is 0 Å². The predicted octanol–water partition coefficient (Wildman–Crippen LogP) is 2.96. The number of rotatable bonds is 4. The Bertz CT molecular complexity index is 852. The highest BCUT2D eigenvalue weighted by molar-refractivity contribution is 5.70. The number of imidazole rings is 1. The lowest BCUT2D eigenvalue weighted by Gasteiger charge is -2.37. The largest absolute Gasteiger partial charge is 0.378 e. The minimum atomic E-state index is 0.239. The Balaban J connectivity index is 1.55. The van der Waals surface area contributed by atoms with Gasteiger partial charge in [0, 0.05) is 25.5 Å². The van der Waals surface area contributed by atoms with Gasteiger partial charge in [-0.15, -0.1) is 0 Å². The van der Waals surface area contributed by atoms with Crippen molar-refractivity contribution in [1.29, 1.82) is 0 Å². The molecule has 2 unspecified atom stereocenters. The molecule has 4 rings (SSSR count). The van der Waals surface area contributed by atoms with E-state index in [4.69, 9.17) is 4.74 Å². The second-order valence-corrected chi connectivity index (χ2v) is 6.59. The van der Waals surface area contributed by atoms with Crippen LogP contribution in [0, 0.1) is 0 Å². The number of nitrogens with zero attached hydrogens (tertiary/aromatic N) is 4. The monoisotopic (exact) mass is 337 g/mol. The van der Waals surface area contributed by atoms with Crippen LogP contribution in [0.2, 0.25) is 0 Å². The van der Waals surface area contributed by atoms with Crippen molar-refractivity contribution in [3.63, 3.8) is 0 Å². The normalized spacial score (nSPS) is 20.8. The first-order chi connectivity index (χ1) is 12.2. The molecule has 2 aromatic heterocycles. The molecule has 25 heavy (non-hydrogen) atoms. The van der Waals surface area contributed by atoms with Gasteiger partial charge in [0.1, 0.15) is 0 Å². The fraction of sp³-hybridized carbons (Fsp3) is 0.368. The van der Waals surface area contributed by atoms with Crippen molar-refractivity contribution in [2.75, 3.05) is 23.3 Å². The standard InChI is InChI=1S/C19H23N5O/c1-14-12-23(13-15(2)25-14)18-6-4-3-5-17(18)21-9-16-10-22-19-11-20-7-8-24(16)19/h3-8,10-11,14-15,21H,9,12-13H2,1-2H3. The molecule has 1 fully saturated rings. The SMILES string of the molecule is CC1CN(c2ccccc2NCc2cnc3cnccn23)CC(C)O1. The molecule has 1 saturated heterocycles. The average molecular weight is 337 g/mol. The zero-order valence-electron chi connectivity index (χ0n) is 14.6. The van der Waals surface area contributed by atoms with Crippen molar-refractivity contribution in [3.8, 4) is 0 Å². The first kappa shape index (κ1) is 15.9. The zero-order valence-corrected chi connectivity index (χ0v) is 14.6. The number of aromatic nitrogens is 3. The van der Waals surface area contributed by atoms with Crippen LogP contribution in [0.3, 0.4) is 0 Å². The van der Waals surface area contributed by atoms with E-state index >= 15 is 0 Å². The van der Waals surface area contributed by atoms with E-state index in [2.05, 4.69) is 62.7 Å². The maximum atomic E-state index is 5.87. The van der Waals surface area contributed by atoms with E-state index in [-0.39, 0.29) is 12.2 Å². The van der Waals surface area contributed by atoms with E-state index in [1.54, 1.807) is 12.4 Å². The molecule has 1 N–H and O–H groups in total.